The van der Waals surface area contributed by atoms with E-state index in [1.807, 2.05) is 33.9 Å². The Labute approximate surface area is 132 Å². The molecule has 1 aromatic heterocycles. The molecule has 0 saturated heterocycles. The van der Waals surface area contributed by atoms with Crippen LogP contribution in [0.4, 0.5) is 4.39 Å². The number of hydrogen-bond donors (Lipinski definition) is 1. The van der Waals surface area contributed by atoms with Crippen LogP contribution in [-0.4, -0.2) is 27.0 Å². The minimum absolute atomic E-state index is 0.00618. The second-order valence-electron chi connectivity index (χ2n) is 7.70. The lowest BCUT2D eigenvalue weighted by molar-refractivity contribution is 0.0823. The molecule has 1 aromatic rings. The van der Waals surface area contributed by atoms with Crippen molar-refractivity contribution in [1.82, 2.24) is 0 Å². The number of aliphatic hydroxyl groups is 1. The number of halogens is 1. The molecule has 0 amide bonds. The van der Waals surface area contributed by atoms with E-state index in [0.717, 1.165) is 17.4 Å². The third kappa shape index (κ3) is 4.15. The molecule has 0 aliphatic carbocycles. The van der Waals surface area contributed by atoms with Crippen LogP contribution < -0.4 is 0 Å². The summed E-state index contributed by atoms with van der Waals surface area (Å²) in [5.74, 6) is -0.754. The summed E-state index contributed by atoms with van der Waals surface area (Å²) in [4.78, 5) is 0.328. The average Bonchev–Trinajstić information content (AvgIpc) is 2.56. The van der Waals surface area contributed by atoms with Gasteiger partial charge in [-0.25, -0.2) is 12.8 Å². The SMILES string of the molecule is CC(C)(O)c1cc(F)c(S(=O)(=O)C[Si](C)(C)C(C)(C)C)s1. The Morgan fingerprint density at radius 2 is 1.71 bits per heavy atom. The van der Waals surface area contributed by atoms with Crippen LogP contribution in [0, 0.1) is 5.82 Å². The Morgan fingerprint density at radius 3 is 2.05 bits per heavy atom. The van der Waals surface area contributed by atoms with Crippen LogP contribution in [0.5, 0.6) is 0 Å². The minimum Gasteiger partial charge on any atom is -0.385 e. The van der Waals surface area contributed by atoms with Gasteiger partial charge in [0.05, 0.1) is 13.7 Å². The van der Waals surface area contributed by atoms with Crippen molar-refractivity contribution >= 4 is 29.2 Å². The van der Waals surface area contributed by atoms with Crippen molar-refractivity contribution < 1.29 is 17.9 Å². The number of hydrogen-bond acceptors (Lipinski definition) is 4. The van der Waals surface area contributed by atoms with Crippen molar-refractivity contribution in [3.63, 3.8) is 0 Å². The monoisotopic (exact) mass is 352 g/mol. The van der Waals surface area contributed by atoms with Gasteiger partial charge in [0.15, 0.2) is 19.9 Å². The van der Waals surface area contributed by atoms with Gasteiger partial charge in [-0.3, -0.25) is 0 Å². The Balaban J connectivity index is 3.25. The van der Waals surface area contributed by atoms with E-state index in [9.17, 15) is 17.9 Å². The fraction of sp³-hybridized carbons (Fsp3) is 0.714. The van der Waals surface area contributed by atoms with Crippen molar-refractivity contribution in [3.8, 4) is 0 Å². The third-order valence-corrected chi connectivity index (χ3v) is 15.6. The molecule has 1 N–H and O–H groups in total. The van der Waals surface area contributed by atoms with E-state index < -0.39 is 29.3 Å². The molecule has 1 rings (SSSR count). The predicted molar refractivity (Wildman–Crippen MR) is 88.8 cm³/mol. The lowest BCUT2D eigenvalue weighted by atomic mass is 10.1. The zero-order valence-electron chi connectivity index (χ0n) is 13.7. The summed E-state index contributed by atoms with van der Waals surface area (Å²) < 4.78 is 39.0. The second kappa shape index (κ2) is 5.44. The highest BCUT2D eigenvalue weighted by molar-refractivity contribution is 7.95. The summed E-state index contributed by atoms with van der Waals surface area (Å²) in [5.41, 5.74) is -1.24. The summed E-state index contributed by atoms with van der Waals surface area (Å²) in [6.45, 7) is 13.1. The van der Waals surface area contributed by atoms with E-state index in [2.05, 4.69) is 0 Å². The maximum absolute atomic E-state index is 14.0. The van der Waals surface area contributed by atoms with Crippen molar-refractivity contribution in [2.75, 3.05) is 5.38 Å². The first-order valence-electron chi connectivity index (χ1n) is 6.83. The topological polar surface area (TPSA) is 54.4 Å². The highest BCUT2D eigenvalue weighted by atomic mass is 32.2. The molecular formula is C14H25FO3S2Si. The molecule has 0 aliphatic heterocycles. The largest absolute Gasteiger partial charge is 0.385 e. The zero-order chi connectivity index (χ0) is 16.9. The highest BCUT2D eigenvalue weighted by Gasteiger charge is 2.41. The van der Waals surface area contributed by atoms with Gasteiger partial charge in [0.1, 0.15) is 0 Å². The van der Waals surface area contributed by atoms with Crippen molar-refractivity contribution in [2.24, 2.45) is 0 Å². The Morgan fingerprint density at radius 1 is 1.24 bits per heavy atom. The van der Waals surface area contributed by atoms with Gasteiger partial charge in [-0.05, 0) is 25.0 Å². The summed E-state index contributed by atoms with van der Waals surface area (Å²) in [6, 6.07) is 1.13. The molecule has 0 atom stereocenters. The van der Waals surface area contributed by atoms with Gasteiger partial charge in [0.2, 0.25) is 0 Å². The summed E-state index contributed by atoms with van der Waals surface area (Å²) in [5, 5.41) is 9.83. The molecule has 1 heterocycles. The van der Waals surface area contributed by atoms with Gasteiger partial charge < -0.3 is 5.11 Å². The molecule has 0 bridgehead atoms. The molecule has 21 heavy (non-hydrogen) atoms. The number of thiophene rings is 1. The summed E-state index contributed by atoms with van der Waals surface area (Å²) in [6.07, 6.45) is 0. The van der Waals surface area contributed by atoms with E-state index in [0.29, 0.717) is 4.88 Å². The highest BCUT2D eigenvalue weighted by Crippen LogP contribution is 2.40. The lowest BCUT2D eigenvalue weighted by Gasteiger charge is -2.36. The molecular weight excluding hydrogens is 327 g/mol. The van der Waals surface area contributed by atoms with E-state index in [-0.39, 0.29) is 14.6 Å². The Kier molecular flexibility index (Phi) is 4.87. The molecule has 0 fully saturated rings. The van der Waals surface area contributed by atoms with Gasteiger partial charge in [-0.2, -0.15) is 0 Å². The van der Waals surface area contributed by atoms with Gasteiger partial charge in [-0.15, -0.1) is 11.3 Å². The van der Waals surface area contributed by atoms with Gasteiger partial charge >= 0.3 is 0 Å². The first kappa shape index (κ1) is 18.8. The van der Waals surface area contributed by atoms with E-state index in [4.69, 9.17) is 0 Å². The van der Waals surface area contributed by atoms with E-state index in [1.165, 1.54) is 13.8 Å². The minimum atomic E-state index is -3.68. The molecule has 0 aromatic carbocycles. The van der Waals surface area contributed by atoms with Crippen LogP contribution >= 0.6 is 11.3 Å². The van der Waals surface area contributed by atoms with Gasteiger partial charge in [-0.1, -0.05) is 33.9 Å². The molecule has 0 radical (unpaired) electrons. The molecule has 0 unspecified atom stereocenters. The van der Waals surface area contributed by atoms with Gasteiger partial charge in [0.25, 0.3) is 0 Å². The Hall–Kier alpha value is -0.243. The van der Waals surface area contributed by atoms with Crippen LogP contribution in [0.2, 0.25) is 18.1 Å². The van der Waals surface area contributed by atoms with Crippen LogP contribution in [0.1, 0.15) is 39.5 Å². The first-order valence-corrected chi connectivity index (χ1v) is 12.5. The van der Waals surface area contributed by atoms with E-state index >= 15 is 0 Å². The number of rotatable bonds is 4. The molecule has 0 spiro atoms. The fourth-order valence-corrected chi connectivity index (χ4v) is 10.1. The first-order chi connectivity index (χ1) is 9.08. The van der Waals surface area contributed by atoms with Crippen molar-refractivity contribution in [2.45, 2.75) is 62.6 Å². The normalized spacial score (nSPS) is 14.5. The Bertz CT molecular complexity index is 620. The number of sulfone groups is 1. The summed E-state index contributed by atoms with van der Waals surface area (Å²) >= 11 is 0.834. The quantitative estimate of drug-likeness (QED) is 0.835. The zero-order valence-corrected chi connectivity index (χ0v) is 16.4. The fourth-order valence-electron chi connectivity index (χ4n) is 1.62. The third-order valence-electron chi connectivity index (χ3n) is 4.12. The molecule has 122 valence electrons. The van der Waals surface area contributed by atoms with Crippen LogP contribution in [0.15, 0.2) is 10.3 Å². The van der Waals surface area contributed by atoms with Crippen LogP contribution in [-0.2, 0) is 15.4 Å². The van der Waals surface area contributed by atoms with Crippen molar-refractivity contribution in [1.29, 1.82) is 0 Å². The maximum Gasteiger partial charge on any atom is 0.188 e. The lowest BCUT2D eigenvalue weighted by Crippen LogP contribution is -2.44. The second-order valence-corrected chi connectivity index (χ2v) is 17.1. The molecule has 3 nitrogen and oxygen atoms in total. The summed E-state index contributed by atoms with van der Waals surface area (Å²) in [7, 11) is -5.77. The smallest absolute Gasteiger partial charge is 0.188 e. The maximum atomic E-state index is 14.0. The van der Waals surface area contributed by atoms with E-state index in [1.54, 1.807) is 0 Å². The predicted octanol–water partition coefficient (Wildman–Crippen LogP) is 3.94. The molecule has 0 aliphatic rings. The molecule has 7 heteroatoms. The average molecular weight is 353 g/mol. The van der Waals surface area contributed by atoms with Crippen LogP contribution in [0.3, 0.4) is 0 Å². The van der Waals surface area contributed by atoms with Gasteiger partial charge in [0, 0.05) is 10.3 Å². The standard InChI is InChI=1S/C14H25FO3S2Si/c1-13(2,3)21(6,7)9-20(17,18)12-10(15)8-11(19-12)14(4,5)16/h8,16H,9H2,1-7H3. The van der Waals surface area contributed by atoms with Crippen molar-refractivity contribution in [3.05, 3.63) is 16.8 Å². The van der Waals surface area contributed by atoms with Crippen LogP contribution in [0.25, 0.3) is 0 Å². The molecule has 0 saturated carbocycles.